The molecule has 1 saturated heterocycles. The van der Waals surface area contributed by atoms with Crippen LogP contribution < -0.4 is 5.32 Å². The van der Waals surface area contributed by atoms with E-state index in [9.17, 15) is 0 Å². The van der Waals surface area contributed by atoms with E-state index in [2.05, 4.69) is 97.6 Å². The molecule has 0 bridgehead atoms. The van der Waals surface area contributed by atoms with Crippen molar-refractivity contribution in [3.05, 3.63) is 82.4 Å². The summed E-state index contributed by atoms with van der Waals surface area (Å²) in [5.74, 6) is 2.58. The van der Waals surface area contributed by atoms with E-state index in [1.165, 1.54) is 80.2 Å². The second kappa shape index (κ2) is 14.6. The maximum Gasteiger partial charge on any atom is 0.0707 e. The number of nitrogens with one attached hydrogen (secondary N) is 1. The number of aryl methyl sites for hydroxylation is 4. The number of benzene rings is 2. The van der Waals surface area contributed by atoms with Crippen LogP contribution in [0, 0.1) is 27.7 Å². The number of fused-ring (bicyclic) bond motifs is 2. The second-order valence-electron chi connectivity index (χ2n) is 9.39. The van der Waals surface area contributed by atoms with Crippen LogP contribution in [0.2, 0.25) is 0 Å². The van der Waals surface area contributed by atoms with Crippen molar-refractivity contribution in [1.29, 1.82) is 0 Å². The van der Waals surface area contributed by atoms with Gasteiger partial charge in [-0.2, -0.15) is 11.8 Å². The average molecular weight is 534 g/mol. The number of nitrogens with zero attached hydrogens (tertiary/aromatic N) is 2. The minimum Gasteiger partial charge on any atom is -0.385 e. The van der Waals surface area contributed by atoms with E-state index in [1.807, 2.05) is 37.4 Å². The van der Waals surface area contributed by atoms with Crippen LogP contribution in [0.15, 0.2) is 55.2 Å². The first kappa shape index (κ1) is 29.2. The molecule has 1 aliphatic rings. The molecule has 0 amide bonds. The van der Waals surface area contributed by atoms with Crippen LogP contribution in [0.1, 0.15) is 47.4 Å². The molecule has 0 atom stereocenters. The van der Waals surface area contributed by atoms with Gasteiger partial charge in [-0.25, -0.2) is 0 Å². The molecule has 198 valence electrons. The lowest BCUT2D eigenvalue weighted by Gasteiger charge is -2.26. The van der Waals surface area contributed by atoms with Crippen molar-refractivity contribution < 1.29 is 0 Å². The molecule has 0 aliphatic carbocycles. The molecule has 3 heterocycles. The summed E-state index contributed by atoms with van der Waals surface area (Å²) in [6.45, 7) is 21.5. The zero-order valence-electron chi connectivity index (χ0n) is 23.5. The topological polar surface area (TPSA) is 28.2 Å². The highest BCUT2D eigenvalue weighted by molar-refractivity contribution is 7.99. The van der Waals surface area contributed by atoms with Crippen molar-refractivity contribution in [2.45, 2.75) is 48.0 Å². The summed E-state index contributed by atoms with van der Waals surface area (Å²) >= 11 is 3.95. The zero-order chi connectivity index (χ0) is 26.8. The second-order valence-corrected chi connectivity index (χ2v) is 11.9. The molecule has 3 nitrogen and oxygen atoms in total. The Labute approximate surface area is 232 Å². The normalized spacial score (nSPS) is 13.5. The summed E-state index contributed by atoms with van der Waals surface area (Å²) in [5, 5.41) is 6.14. The SMILES string of the molecule is C=C(NCCCN1CCSCC1)c1c(C)sc2cc(C)ccc12.CC.Cc1ccc2c(C)ccnc2c1. The van der Waals surface area contributed by atoms with E-state index in [0.29, 0.717) is 0 Å². The van der Waals surface area contributed by atoms with Crippen molar-refractivity contribution in [1.82, 2.24) is 15.2 Å². The highest BCUT2D eigenvalue weighted by Crippen LogP contribution is 2.34. The Hall–Kier alpha value is -2.34. The molecule has 0 radical (unpaired) electrons. The summed E-state index contributed by atoms with van der Waals surface area (Å²) in [6, 6.07) is 15.1. The third-order valence-corrected chi connectivity index (χ3v) is 8.54. The number of pyridine rings is 1. The summed E-state index contributed by atoms with van der Waals surface area (Å²) in [4.78, 5) is 8.24. The molecule has 37 heavy (non-hydrogen) atoms. The standard InChI is InChI=1S/C19H26N2S2.C11H11N.C2H6/c1-14-5-6-17-18(13-14)23-16(3)19(17)15(2)20-7-4-8-21-9-11-22-12-10-21;1-8-3-4-10-9(2)5-6-12-11(10)7-8;1-2/h5-6,13,20H,2,4,7-12H2,1,3H3;3-7H,1-2H3;1-2H3. The van der Waals surface area contributed by atoms with Gasteiger partial charge in [-0.05, 0) is 75.5 Å². The average Bonchev–Trinajstić information content (AvgIpc) is 3.23. The Morgan fingerprint density at radius 3 is 2.35 bits per heavy atom. The molecule has 2 aromatic carbocycles. The number of hydrogen-bond donors (Lipinski definition) is 1. The van der Waals surface area contributed by atoms with Gasteiger partial charge in [0.15, 0.2) is 0 Å². The zero-order valence-corrected chi connectivity index (χ0v) is 25.1. The largest absolute Gasteiger partial charge is 0.385 e. The van der Waals surface area contributed by atoms with E-state index in [1.54, 1.807) is 0 Å². The fourth-order valence-corrected chi connectivity index (χ4v) is 6.73. The first-order chi connectivity index (χ1) is 17.9. The van der Waals surface area contributed by atoms with Gasteiger partial charge < -0.3 is 10.2 Å². The molecule has 0 unspecified atom stereocenters. The number of rotatable bonds is 6. The smallest absolute Gasteiger partial charge is 0.0707 e. The Balaban J connectivity index is 0.000000228. The molecule has 2 aromatic heterocycles. The van der Waals surface area contributed by atoms with E-state index in [0.717, 1.165) is 17.8 Å². The van der Waals surface area contributed by atoms with Crippen LogP contribution in [-0.4, -0.2) is 47.6 Å². The van der Waals surface area contributed by atoms with E-state index in [-0.39, 0.29) is 0 Å². The summed E-state index contributed by atoms with van der Waals surface area (Å²) < 4.78 is 1.37. The first-order valence-corrected chi connectivity index (χ1v) is 15.4. The van der Waals surface area contributed by atoms with Gasteiger partial charge in [0.1, 0.15) is 0 Å². The van der Waals surface area contributed by atoms with Crippen molar-refractivity contribution in [2.24, 2.45) is 0 Å². The van der Waals surface area contributed by atoms with Crippen LogP contribution in [0.4, 0.5) is 0 Å². The molecule has 1 N–H and O–H groups in total. The summed E-state index contributed by atoms with van der Waals surface area (Å²) in [5.41, 5.74) is 7.35. The van der Waals surface area contributed by atoms with Gasteiger partial charge >= 0.3 is 0 Å². The Morgan fingerprint density at radius 2 is 1.62 bits per heavy atom. The molecule has 1 fully saturated rings. The lowest BCUT2D eigenvalue weighted by atomic mass is 10.1. The van der Waals surface area contributed by atoms with Gasteiger partial charge in [0, 0.05) is 68.9 Å². The van der Waals surface area contributed by atoms with Gasteiger partial charge in [-0.3, -0.25) is 4.98 Å². The monoisotopic (exact) mass is 533 g/mol. The Morgan fingerprint density at radius 1 is 0.946 bits per heavy atom. The highest BCUT2D eigenvalue weighted by Gasteiger charge is 2.13. The van der Waals surface area contributed by atoms with Gasteiger partial charge in [0.2, 0.25) is 0 Å². The van der Waals surface area contributed by atoms with Gasteiger partial charge in [0.25, 0.3) is 0 Å². The van der Waals surface area contributed by atoms with E-state index >= 15 is 0 Å². The van der Waals surface area contributed by atoms with Crippen molar-refractivity contribution in [3.8, 4) is 0 Å². The van der Waals surface area contributed by atoms with Crippen LogP contribution in [0.5, 0.6) is 0 Å². The summed E-state index contributed by atoms with van der Waals surface area (Å²) in [7, 11) is 0. The molecular weight excluding hydrogens is 491 g/mol. The van der Waals surface area contributed by atoms with Gasteiger partial charge in [0.05, 0.1) is 5.52 Å². The molecule has 1 aliphatic heterocycles. The van der Waals surface area contributed by atoms with E-state index in [4.69, 9.17) is 0 Å². The van der Waals surface area contributed by atoms with Crippen LogP contribution in [0.25, 0.3) is 26.7 Å². The number of thiophene rings is 1. The van der Waals surface area contributed by atoms with E-state index < -0.39 is 0 Å². The fourth-order valence-electron chi connectivity index (χ4n) is 4.56. The molecule has 5 heteroatoms. The molecule has 0 spiro atoms. The van der Waals surface area contributed by atoms with Crippen molar-refractivity contribution in [2.75, 3.05) is 37.7 Å². The minimum absolute atomic E-state index is 1.01. The Bertz CT molecular complexity index is 1300. The Kier molecular flexibility index (Phi) is 11.5. The number of aromatic nitrogens is 1. The van der Waals surface area contributed by atoms with Crippen molar-refractivity contribution >= 4 is 49.8 Å². The third-order valence-electron chi connectivity index (χ3n) is 6.53. The van der Waals surface area contributed by atoms with Gasteiger partial charge in [-0.1, -0.05) is 44.7 Å². The maximum absolute atomic E-state index is 4.30. The van der Waals surface area contributed by atoms with Crippen LogP contribution >= 0.6 is 23.1 Å². The lowest BCUT2D eigenvalue weighted by molar-refractivity contribution is 0.299. The molecule has 0 saturated carbocycles. The van der Waals surface area contributed by atoms with Crippen LogP contribution in [-0.2, 0) is 0 Å². The number of hydrogen-bond acceptors (Lipinski definition) is 5. The quantitative estimate of drug-likeness (QED) is 0.252. The maximum atomic E-state index is 4.30. The fraction of sp³-hybridized carbons (Fsp3) is 0.406. The number of thioether (sulfide) groups is 1. The van der Waals surface area contributed by atoms with Crippen molar-refractivity contribution in [3.63, 3.8) is 0 Å². The summed E-state index contributed by atoms with van der Waals surface area (Å²) in [6.07, 6.45) is 3.04. The predicted molar refractivity (Wildman–Crippen MR) is 169 cm³/mol. The third kappa shape index (κ3) is 8.07. The molecular formula is C32H43N3S2. The minimum atomic E-state index is 1.01. The molecule has 4 aromatic rings. The highest BCUT2D eigenvalue weighted by atomic mass is 32.2. The van der Waals surface area contributed by atoms with Gasteiger partial charge in [-0.15, -0.1) is 11.3 Å². The lowest BCUT2D eigenvalue weighted by Crippen LogP contribution is -2.34. The predicted octanol–water partition coefficient (Wildman–Crippen LogP) is 8.40. The molecule has 5 rings (SSSR count). The first-order valence-electron chi connectivity index (χ1n) is 13.5. The van der Waals surface area contributed by atoms with Crippen LogP contribution in [0.3, 0.4) is 0 Å².